The first-order valence-electron chi connectivity index (χ1n) is 6.30. The Kier molecular flexibility index (Phi) is 3.77. The van der Waals surface area contributed by atoms with Gasteiger partial charge in [-0.25, -0.2) is 8.78 Å². The van der Waals surface area contributed by atoms with Crippen LogP contribution in [0.4, 0.5) is 8.78 Å². The highest BCUT2D eigenvalue weighted by molar-refractivity contribution is 5.21. The third-order valence-electron chi connectivity index (χ3n) is 3.96. The summed E-state index contributed by atoms with van der Waals surface area (Å²) in [5, 5.41) is 0. The van der Waals surface area contributed by atoms with Crippen molar-refractivity contribution in [2.45, 2.75) is 38.5 Å². The molecule has 0 amide bonds. The summed E-state index contributed by atoms with van der Waals surface area (Å²) in [6.45, 7) is 0.515. The molecule has 0 bridgehead atoms. The molecule has 2 rings (SSSR count). The molecular weight excluding hydrogens is 220 g/mol. The van der Waals surface area contributed by atoms with Crippen LogP contribution in [0.2, 0.25) is 0 Å². The number of rotatable bonds is 3. The third kappa shape index (κ3) is 2.65. The molecule has 0 atom stereocenters. The maximum atomic E-state index is 13.6. The van der Waals surface area contributed by atoms with E-state index in [9.17, 15) is 8.78 Å². The molecule has 0 heterocycles. The van der Waals surface area contributed by atoms with E-state index in [1.807, 2.05) is 0 Å². The summed E-state index contributed by atoms with van der Waals surface area (Å²) in [5.41, 5.74) is 5.95. The molecule has 2 N–H and O–H groups in total. The lowest BCUT2D eigenvalue weighted by atomic mass is 9.70. The lowest BCUT2D eigenvalue weighted by Gasteiger charge is -2.36. The lowest BCUT2D eigenvalue weighted by Crippen LogP contribution is -2.35. The molecule has 0 unspecified atom stereocenters. The molecule has 1 fully saturated rings. The zero-order chi connectivity index (χ0) is 12.3. The fourth-order valence-electron chi connectivity index (χ4n) is 2.83. The molecule has 0 saturated heterocycles. The highest BCUT2D eigenvalue weighted by Crippen LogP contribution is 2.39. The minimum Gasteiger partial charge on any atom is -0.330 e. The van der Waals surface area contributed by atoms with Crippen molar-refractivity contribution in [1.29, 1.82) is 0 Å². The van der Waals surface area contributed by atoms with Crippen LogP contribution in [0.15, 0.2) is 18.2 Å². The van der Waals surface area contributed by atoms with E-state index in [1.54, 1.807) is 0 Å². The van der Waals surface area contributed by atoms with Gasteiger partial charge >= 0.3 is 0 Å². The molecule has 1 aliphatic rings. The molecule has 17 heavy (non-hydrogen) atoms. The van der Waals surface area contributed by atoms with Gasteiger partial charge in [0, 0.05) is 5.56 Å². The van der Waals surface area contributed by atoms with E-state index in [1.165, 1.54) is 24.6 Å². The Bertz CT molecular complexity index is 364. The van der Waals surface area contributed by atoms with Crippen LogP contribution in [-0.2, 0) is 6.42 Å². The highest BCUT2D eigenvalue weighted by atomic mass is 19.1. The molecule has 1 aromatic rings. The Labute approximate surface area is 101 Å². The van der Waals surface area contributed by atoms with Gasteiger partial charge in [-0.15, -0.1) is 0 Å². The summed E-state index contributed by atoms with van der Waals surface area (Å²) >= 11 is 0. The molecule has 0 aliphatic heterocycles. The van der Waals surface area contributed by atoms with Crippen LogP contribution in [0.1, 0.15) is 37.7 Å². The van der Waals surface area contributed by atoms with Crippen molar-refractivity contribution < 1.29 is 8.78 Å². The van der Waals surface area contributed by atoms with Gasteiger partial charge in [0.15, 0.2) is 0 Å². The zero-order valence-corrected chi connectivity index (χ0v) is 10.0. The van der Waals surface area contributed by atoms with Crippen molar-refractivity contribution in [3.05, 3.63) is 35.4 Å². The van der Waals surface area contributed by atoms with Crippen molar-refractivity contribution in [3.8, 4) is 0 Å². The fourth-order valence-corrected chi connectivity index (χ4v) is 2.83. The number of nitrogens with two attached hydrogens (primary N) is 1. The van der Waals surface area contributed by atoms with Crippen molar-refractivity contribution in [1.82, 2.24) is 0 Å². The molecular formula is C14H19F2N. The van der Waals surface area contributed by atoms with Crippen LogP contribution in [-0.4, -0.2) is 6.54 Å². The van der Waals surface area contributed by atoms with Crippen LogP contribution >= 0.6 is 0 Å². The summed E-state index contributed by atoms with van der Waals surface area (Å²) in [6, 6.07) is 4.06. The summed E-state index contributed by atoms with van der Waals surface area (Å²) in [4.78, 5) is 0. The molecule has 0 radical (unpaired) electrons. The first-order chi connectivity index (χ1) is 8.17. The van der Waals surface area contributed by atoms with E-state index >= 15 is 0 Å². The minimum atomic E-state index is -0.441. The number of hydrogen-bond donors (Lipinski definition) is 1. The quantitative estimate of drug-likeness (QED) is 0.859. The summed E-state index contributed by atoms with van der Waals surface area (Å²) < 4.78 is 27.3. The van der Waals surface area contributed by atoms with Gasteiger partial charge < -0.3 is 5.73 Å². The number of halogens is 2. The summed E-state index contributed by atoms with van der Waals surface area (Å²) in [6.07, 6.45) is 5.85. The molecule has 94 valence electrons. The SMILES string of the molecule is NCC1(Cc2c(F)cccc2F)CCCCC1. The first-order valence-corrected chi connectivity index (χ1v) is 6.30. The molecule has 1 aliphatic carbocycles. The lowest BCUT2D eigenvalue weighted by molar-refractivity contribution is 0.193. The second-order valence-corrected chi connectivity index (χ2v) is 5.14. The van der Waals surface area contributed by atoms with E-state index in [-0.39, 0.29) is 11.0 Å². The van der Waals surface area contributed by atoms with Gasteiger partial charge in [-0.3, -0.25) is 0 Å². The average Bonchev–Trinajstić information content (AvgIpc) is 2.35. The molecule has 0 spiro atoms. The molecule has 1 saturated carbocycles. The van der Waals surface area contributed by atoms with E-state index in [0.29, 0.717) is 13.0 Å². The third-order valence-corrected chi connectivity index (χ3v) is 3.96. The van der Waals surface area contributed by atoms with Gasteiger partial charge in [0.1, 0.15) is 11.6 Å². The normalized spacial score (nSPS) is 19.2. The molecule has 3 heteroatoms. The Morgan fingerprint density at radius 2 is 1.65 bits per heavy atom. The molecule has 0 aromatic heterocycles. The van der Waals surface area contributed by atoms with Gasteiger partial charge in [-0.2, -0.15) is 0 Å². The van der Waals surface area contributed by atoms with Crippen LogP contribution in [0.5, 0.6) is 0 Å². The minimum absolute atomic E-state index is 0.0959. The molecule has 1 nitrogen and oxygen atoms in total. The number of hydrogen-bond acceptors (Lipinski definition) is 1. The van der Waals surface area contributed by atoms with E-state index in [2.05, 4.69) is 0 Å². The second-order valence-electron chi connectivity index (χ2n) is 5.14. The Balaban J connectivity index is 2.23. The maximum absolute atomic E-state index is 13.6. The van der Waals surface area contributed by atoms with E-state index in [4.69, 9.17) is 5.73 Å². The monoisotopic (exact) mass is 239 g/mol. The predicted molar refractivity (Wildman–Crippen MR) is 64.6 cm³/mol. The summed E-state index contributed by atoms with van der Waals surface area (Å²) in [5.74, 6) is -0.883. The Morgan fingerprint density at radius 1 is 1.06 bits per heavy atom. The van der Waals surface area contributed by atoms with Crippen molar-refractivity contribution >= 4 is 0 Å². The summed E-state index contributed by atoms with van der Waals surface area (Å²) in [7, 11) is 0. The van der Waals surface area contributed by atoms with Crippen molar-refractivity contribution in [2.24, 2.45) is 11.1 Å². The molecule has 1 aromatic carbocycles. The van der Waals surface area contributed by atoms with E-state index in [0.717, 1.165) is 25.7 Å². The second kappa shape index (κ2) is 5.13. The highest BCUT2D eigenvalue weighted by Gasteiger charge is 2.32. The smallest absolute Gasteiger partial charge is 0.129 e. The van der Waals surface area contributed by atoms with Crippen LogP contribution < -0.4 is 5.73 Å². The van der Waals surface area contributed by atoms with Crippen LogP contribution in [0, 0.1) is 17.0 Å². The first kappa shape index (κ1) is 12.5. The van der Waals surface area contributed by atoms with Gasteiger partial charge in [-0.1, -0.05) is 25.3 Å². The van der Waals surface area contributed by atoms with Gasteiger partial charge in [0.2, 0.25) is 0 Å². The van der Waals surface area contributed by atoms with Crippen molar-refractivity contribution in [3.63, 3.8) is 0 Å². The zero-order valence-electron chi connectivity index (χ0n) is 10.0. The standard InChI is InChI=1S/C14H19F2N/c15-12-5-4-6-13(16)11(12)9-14(10-17)7-2-1-3-8-14/h4-6H,1-3,7-10,17H2. The van der Waals surface area contributed by atoms with Crippen molar-refractivity contribution in [2.75, 3.05) is 6.54 Å². The predicted octanol–water partition coefficient (Wildman–Crippen LogP) is 3.42. The topological polar surface area (TPSA) is 26.0 Å². The largest absolute Gasteiger partial charge is 0.330 e. The fraction of sp³-hybridized carbons (Fsp3) is 0.571. The van der Waals surface area contributed by atoms with Crippen LogP contribution in [0.3, 0.4) is 0 Å². The van der Waals surface area contributed by atoms with Gasteiger partial charge in [0.05, 0.1) is 0 Å². The average molecular weight is 239 g/mol. The Morgan fingerprint density at radius 3 is 2.18 bits per heavy atom. The van der Waals surface area contributed by atoms with Gasteiger partial charge in [0.25, 0.3) is 0 Å². The maximum Gasteiger partial charge on any atom is 0.129 e. The van der Waals surface area contributed by atoms with Gasteiger partial charge in [-0.05, 0) is 43.4 Å². The number of benzene rings is 1. The van der Waals surface area contributed by atoms with Crippen LogP contribution in [0.25, 0.3) is 0 Å². The van der Waals surface area contributed by atoms with E-state index < -0.39 is 11.6 Å². The Hall–Kier alpha value is -0.960.